The zero-order valence-electron chi connectivity index (χ0n) is 14.4. The number of rotatable bonds is 5. The van der Waals surface area contributed by atoms with Crippen molar-refractivity contribution in [2.24, 2.45) is 0 Å². The Labute approximate surface area is 150 Å². The number of benzene rings is 1. The van der Waals surface area contributed by atoms with E-state index in [1.165, 1.54) is 0 Å². The minimum Gasteiger partial charge on any atom is -0.465 e. The number of pyridine rings is 1. The van der Waals surface area contributed by atoms with Gasteiger partial charge in [-0.3, -0.25) is 0 Å². The van der Waals surface area contributed by atoms with Gasteiger partial charge >= 0.3 is 6.09 Å². The number of hydrogen-bond donors (Lipinski definition) is 3. The van der Waals surface area contributed by atoms with Gasteiger partial charge in [-0.1, -0.05) is 12.1 Å². The summed E-state index contributed by atoms with van der Waals surface area (Å²) in [7, 11) is 0. The zero-order chi connectivity index (χ0) is 18.7. The van der Waals surface area contributed by atoms with E-state index >= 15 is 0 Å². The van der Waals surface area contributed by atoms with E-state index < -0.39 is 11.6 Å². The lowest BCUT2D eigenvalue weighted by atomic mass is 9.95. The average molecular weight is 350 g/mol. The summed E-state index contributed by atoms with van der Waals surface area (Å²) >= 11 is 0. The number of carboxylic acid groups (broad SMARTS) is 1. The average Bonchev–Trinajstić information content (AvgIpc) is 2.97. The van der Waals surface area contributed by atoms with Crippen LogP contribution in [0.25, 0.3) is 10.9 Å². The SMILES string of the molecule is CC(C)(Cc1c[nH]c2c(Oc3ncccc3C#N)cccc12)NC(=O)O. The highest BCUT2D eigenvalue weighted by atomic mass is 16.5. The molecule has 0 saturated heterocycles. The van der Waals surface area contributed by atoms with Crippen molar-refractivity contribution in [3.8, 4) is 17.7 Å². The number of carbonyl (C=O) groups is 1. The lowest BCUT2D eigenvalue weighted by molar-refractivity contribution is 0.182. The number of H-pyrrole nitrogens is 1. The minimum absolute atomic E-state index is 0.242. The van der Waals surface area contributed by atoms with Gasteiger partial charge in [0.05, 0.1) is 5.52 Å². The van der Waals surface area contributed by atoms with Crippen LogP contribution in [0.3, 0.4) is 0 Å². The summed E-state index contributed by atoms with van der Waals surface area (Å²) in [5, 5.41) is 21.6. The van der Waals surface area contributed by atoms with Gasteiger partial charge in [0.25, 0.3) is 0 Å². The maximum Gasteiger partial charge on any atom is 0.405 e. The van der Waals surface area contributed by atoms with Gasteiger partial charge in [0.15, 0.2) is 5.75 Å². The van der Waals surface area contributed by atoms with Crippen molar-refractivity contribution in [3.63, 3.8) is 0 Å². The van der Waals surface area contributed by atoms with Crippen molar-refractivity contribution in [3.05, 3.63) is 53.9 Å². The molecular formula is C19H18N4O3. The summed E-state index contributed by atoms with van der Waals surface area (Å²) in [6.07, 6.45) is 2.86. The normalized spacial score (nSPS) is 11.1. The van der Waals surface area contributed by atoms with Crippen molar-refractivity contribution in [2.45, 2.75) is 25.8 Å². The first kappa shape index (κ1) is 17.3. The molecule has 0 atom stereocenters. The molecule has 0 aliphatic carbocycles. The second-order valence-electron chi connectivity index (χ2n) is 6.55. The van der Waals surface area contributed by atoms with Crippen LogP contribution in [-0.4, -0.2) is 26.7 Å². The van der Waals surface area contributed by atoms with Crippen LogP contribution in [0.15, 0.2) is 42.7 Å². The third kappa shape index (κ3) is 3.59. The first-order valence-electron chi connectivity index (χ1n) is 8.03. The third-order valence-electron chi connectivity index (χ3n) is 3.94. The lowest BCUT2D eigenvalue weighted by Gasteiger charge is -2.24. The standard InChI is InChI=1S/C19H18N4O3/c1-19(2,23-18(24)25)9-13-11-22-16-14(13)6-3-7-15(16)26-17-12(10-20)5-4-8-21-17/h3-8,11,22-23H,9H2,1-2H3,(H,24,25). The van der Waals surface area contributed by atoms with Crippen molar-refractivity contribution in [1.82, 2.24) is 15.3 Å². The first-order chi connectivity index (χ1) is 12.4. The van der Waals surface area contributed by atoms with Crippen molar-refractivity contribution in [2.75, 3.05) is 0 Å². The Morgan fingerprint density at radius 1 is 1.38 bits per heavy atom. The van der Waals surface area contributed by atoms with Crippen molar-refractivity contribution in [1.29, 1.82) is 5.26 Å². The van der Waals surface area contributed by atoms with Gasteiger partial charge in [0, 0.05) is 23.3 Å². The molecule has 7 heteroatoms. The molecule has 0 fully saturated rings. The largest absolute Gasteiger partial charge is 0.465 e. The molecule has 2 heterocycles. The lowest BCUT2D eigenvalue weighted by Crippen LogP contribution is -2.44. The van der Waals surface area contributed by atoms with E-state index in [1.807, 2.05) is 32.2 Å². The minimum atomic E-state index is -1.06. The van der Waals surface area contributed by atoms with Gasteiger partial charge in [-0.25, -0.2) is 9.78 Å². The Morgan fingerprint density at radius 3 is 2.92 bits per heavy atom. The molecule has 7 nitrogen and oxygen atoms in total. The van der Waals surface area contributed by atoms with E-state index in [4.69, 9.17) is 9.84 Å². The first-order valence-corrected chi connectivity index (χ1v) is 8.03. The summed E-state index contributed by atoms with van der Waals surface area (Å²) in [6.45, 7) is 3.65. The van der Waals surface area contributed by atoms with Gasteiger partial charge in [0.1, 0.15) is 11.6 Å². The fraction of sp³-hybridized carbons (Fsp3) is 0.211. The second-order valence-corrected chi connectivity index (χ2v) is 6.55. The smallest absolute Gasteiger partial charge is 0.405 e. The molecule has 0 aliphatic rings. The number of nitrogens with one attached hydrogen (secondary N) is 2. The molecule has 2 aromatic heterocycles. The molecule has 132 valence electrons. The summed E-state index contributed by atoms with van der Waals surface area (Å²) < 4.78 is 5.85. The predicted octanol–water partition coefficient (Wildman–Crippen LogP) is 3.82. The van der Waals surface area contributed by atoms with E-state index in [2.05, 4.69) is 21.4 Å². The van der Waals surface area contributed by atoms with Crippen LogP contribution in [0.2, 0.25) is 0 Å². The molecule has 0 unspecified atom stereocenters. The number of amides is 1. The highest BCUT2D eigenvalue weighted by Gasteiger charge is 2.23. The highest BCUT2D eigenvalue weighted by Crippen LogP contribution is 2.32. The van der Waals surface area contributed by atoms with Crippen LogP contribution < -0.4 is 10.1 Å². The molecule has 0 bridgehead atoms. The maximum atomic E-state index is 11.0. The number of para-hydroxylation sites is 1. The number of aromatic nitrogens is 2. The Morgan fingerprint density at radius 2 is 2.19 bits per heavy atom. The van der Waals surface area contributed by atoms with Crippen molar-refractivity contribution >= 4 is 17.0 Å². The predicted molar refractivity (Wildman–Crippen MR) is 96.3 cm³/mol. The van der Waals surface area contributed by atoms with Gasteiger partial charge < -0.3 is 20.1 Å². The fourth-order valence-corrected chi connectivity index (χ4v) is 2.89. The monoisotopic (exact) mass is 350 g/mol. The third-order valence-corrected chi connectivity index (χ3v) is 3.94. The van der Waals surface area contributed by atoms with E-state index in [9.17, 15) is 10.1 Å². The maximum absolute atomic E-state index is 11.0. The van der Waals surface area contributed by atoms with Crippen LogP contribution in [0.4, 0.5) is 4.79 Å². The number of ether oxygens (including phenoxy) is 1. The molecular weight excluding hydrogens is 332 g/mol. The van der Waals surface area contributed by atoms with Crippen LogP contribution in [0.1, 0.15) is 25.0 Å². The van der Waals surface area contributed by atoms with Gasteiger partial charge in [-0.2, -0.15) is 5.26 Å². The Balaban J connectivity index is 1.94. The van der Waals surface area contributed by atoms with Gasteiger partial charge in [-0.15, -0.1) is 0 Å². The molecule has 3 N–H and O–H groups in total. The number of hydrogen-bond acceptors (Lipinski definition) is 4. The van der Waals surface area contributed by atoms with Crippen molar-refractivity contribution < 1.29 is 14.6 Å². The number of nitriles is 1. The molecule has 3 aromatic rings. The Hall–Kier alpha value is -3.53. The summed E-state index contributed by atoms with van der Waals surface area (Å²) in [6, 6.07) is 11.0. The van der Waals surface area contributed by atoms with Crippen LogP contribution >= 0.6 is 0 Å². The Kier molecular flexibility index (Phi) is 4.50. The Bertz CT molecular complexity index is 1000. The zero-order valence-corrected chi connectivity index (χ0v) is 14.4. The molecule has 0 radical (unpaired) electrons. The molecule has 1 aromatic carbocycles. The number of nitrogens with zero attached hydrogens (tertiary/aromatic N) is 2. The molecule has 0 saturated carbocycles. The number of aromatic amines is 1. The summed E-state index contributed by atoms with van der Waals surface area (Å²) in [4.78, 5) is 18.2. The van der Waals surface area contributed by atoms with Crippen LogP contribution in [0, 0.1) is 11.3 Å². The van der Waals surface area contributed by atoms with E-state index in [0.29, 0.717) is 17.7 Å². The topological polar surface area (TPSA) is 111 Å². The van der Waals surface area contributed by atoms with Gasteiger partial charge in [-0.05, 0) is 44.0 Å². The fourth-order valence-electron chi connectivity index (χ4n) is 2.89. The highest BCUT2D eigenvalue weighted by molar-refractivity contribution is 5.88. The van der Waals surface area contributed by atoms with Crippen LogP contribution in [0.5, 0.6) is 11.6 Å². The molecule has 26 heavy (non-hydrogen) atoms. The van der Waals surface area contributed by atoms with Gasteiger partial charge in [0.2, 0.25) is 5.88 Å². The quantitative estimate of drug-likeness (QED) is 0.648. The molecule has 0 spiro atoms. The van der Waals surface area contributed by atoms with E-state index in [1.54, 1.807) is 24.4 Å². The second kappa shape index (κ2) is 6.76. The summed E-state index contributed by atoms with van der Waals surface area (Å²) in [5.41, 5.74) is 1.46. The molecule has 1 amide bonds. The molecule has 3 rings (SSSR count). The van der Waals surface area contributed by atoms with E-state index in [-0.39, 0.29) is 5.88 Å². The molecule has 0 aliphatic heterocycles. The van der Waals surface area contributed by atoms with E-state index in [0.717, 1.165) is 16.5 Å². The summed E-state index contributed by atoms with van der Waals surface area (Å²) in [5.74, 6) is 0.791. The van der Waals surface area contributed by atoms with Crippen LogP contribution in [-0.2, 0) is 6.42 Å². The number of fused-ring (bicyclic) bond motifs is 1.